The largest absolute Gasteiger partial charge is 0.355 e. The molecule has 240 valence electrons. The fourth-order valence-corrected chi connectivity index (χ4v) is 7.41. The summed E-state index contributed by atoms with van der Waals surface area (Å²) in [6.45, 7) is 13.8. The van der Waals surface area contributed by atoms with E-state index in [9.17, 15) is 9.59 Å². The molecule has 1 aliphatic heterocycles. The predicted octanol–water partition coefficient (Wildman–Crippen LogP) is 6.32. The van der Waals surface area contributed by atoms with Crippen molar-refractivity contribution in [2.24, 2.45) is 5.92 Å². The number of piperazine rings is 1. The van der Waals surface area contributed by atoms with Gasteiger partial charge in [-0.2, -0.15) is 4.98 Å². The van der Waals surface area contributed by atoms with E-state index in [-0.39, 0.29) is 28.9 Å². The second-order valence-electron chi connectivity index (χ2n) is 12.7. The van der Waals surface area contributed by atoms with Gasteiger partial charge in [-0.05, 0) is 73.9 Å². The molecule has 8 nitrogen and oxygen atoms in total. The summed E-state index contributed by atoms with van der Waals surface area (Å²) >= 11 is 1.51. The van der Waals surface area contributed by atoms with Crippen molar-refractivity contribution in [2.45, 2.75) is 57.4 Å². The molecular formula is C35H38F2N6O2S. The molecule has 1 saturated heterocycles. The van der Waals surface area contributed by atoms with E-state index >= 15 is 8.78 Å². The van der Waals surface area contributed by atoms with Crippen LogP contribution in [0.4, 0.5) is 14.6 Å². The van der Waals surface area contributed by atoms with Crippen LogP contribution in [0.2, 0.25) is 0 Å². The number of anilines is 1. The standard InChI is InChI=1S/C35H38F2N6O2S/c1-20(2)30-32(22(4)11-12-38-30)43-34-25(33(40-35(43)45)42-14-13-41(17-23(42)5)16-21(3)18-44)15-27(37)31(39-34)29-26(36)7-6-8-28(29)46-19-24-9-10-24/h6-8,11-12,15,18,20,23-24H,3,9-10,13-14,16-17,19H2,1-2,4-5H3/t23-/m0/s1. The molecular weight excluding hydrogens is 606 g/mol. The second kappa shape index (κ2) is 13.0. The monoisotopic (exact) mass is 644 g/mol. The van der Waals surface area contributed by atoms with Crippen LogP contribution in [0.1, 0.15) is 50.8 Å². The van der Waals surface area contributed by atoms with Crippen LogP contribution in [-0.4, -0.2) is 68.7 Å². The number of benzene rings is 1. The zero-order valence-electron chi connectivity index (χ0n) is 26.6. The minimum atomic E-state index is -0.695. The highest BCUT2D eigenvalue weighted by Crippen LogP contribution is 2.41. The topological polar surface area (TPSA) is 84.2 Å². The van der Waals surface area contributed by atoms with E-state index in [1.807, 2.05) is 38.7 Å². The third-order valence-corrected chi connectivity index (χ3v) is 9.98. The highest BCUT2D eigenvalue weighted by atomic mass is 32.2. The van der Waals surface area contributed by atoms with Crippen LogP contribution in [0.15, 0.2) is 58.4 Å². The van der Waals surface area contributed by atoms with Gasteiger partial charge in [-0.1, -0.05) is 26.5 Å². The number of halogens is 2. The van der Waals surface area contributed by atoms with Crippen molar-refractivity contribution in [3.8, 4) is 16.9 Å². The van der Waals surface area contributed by atoms with E-state index in [4.69, 9.17) is 4.98 Å². The first-order valence-electron chi connectivity index (χ1n) is 15.7. The Labute approximate surface area is 271 Å². The normalized spacial score (nSPS) is 17.2. The molecule has 0 unspecified atom stereocenters. The number of hydrogen-bond donors (Lipinski definition) is 0. The Balaban J connectivity index is 1.57. The first kappa shape index (κ1) is 32.0. The Morgan fingerprint density at radius 2 is 1.93 bits per heavy atom. The number of aromatic nitrogens is 4. The lowest BCUT2D eigenvalue weighted by atomic mass is 10.0. The number of hydrogen-bond acceptors (Lipinski definition) is 8. The number of carbonyl (C=O) groups excluding carboxylic acids is 1. The van der Waals surface area contributed by atoms with Crippen LogP contribution >= 0.6 is 11.8 Å². The maximum atomic E-state index is 16.4. The van der Waals surface area contributed by atoms with Crippen molar-refractivity contribution in [3.05, 3.63) is 82.1 Å². The maximum Gasteiger partial charge on any atom is 0.355 e. The van der Waals surface area contributed by atoms with Crippen LogP contribution < -0.4 is 10.6 Å². The predicted molar refractivity (Wildman–Crippen MR) is 179 cm³/mol. The molecule has 1 atom stereocenters. The third kappa shape index (κ3) is 6.22. The summed E-state index contributed by atoms with van der Waals surface area (Å²) < 4.78 is 33.4. The lowest BCUT2D eigenvalue weighted by Crippen LogP contribution is -2.53. The van der Waals surface area contributed by atoms with Gasteiger partial charge < -0.3 is 4.90 Å². The quantitative estimate of drug-likeness (QED) is 0.113. The third-order valence-electron chi connectivity index (χ3n) is 8.69. The number of aryl methyl sites for hydroxylation is 1. The molecule has 2 fully saturated rings. The summed E-state index contributed by atoms with van der Waals surface area (Å²) in [6, 6.07) is 7.77. The smallest absolute Gasteiger partial charge is 0.351 e. The Hall–Kier alpha value is -3.96. The maximum absolute atomic E-state index is 16.4. The highest BCUT2D eigenvalue weighted by molar-refractivity contribution is 7.99. The molecule has 1 aliphatic carbocycles. The van der Waals surface area contributed by atoms with Crippen molar-refractivity contribution >= 4 is 34.9 Å². The van der Waals surface area contributed by atoms with E-state index in [1.165, 1.54) is 28.5 Å². The summed E-state index contributed by atoms with van der Waals surface area (Å²) in [6.07, 6.45) is 4.74. The Bertz CT molecular complexity index is 1890. The van der Waals surface area contributed by atoms with Crippen LogP contribution in [0.25, 0.3) is 28.0 Å². The van der Waals surface area contributed by atoms with E-state index in [0.717, 1.165) is 30.4 Å². The lowest BCUT2D eigenvalue weighted by molar-refractivity contribution is -0.105. The number of carbonyl (C=O) groups is 1. The number of pyridine rings is 2. The summed E-state index contributed by atoms with van der Waals surface area (Å²) in [5.41, 5.74) is 2.05. The van der Waals surface area contributed by atoms with Crippen molar-refractivity contribution in [1.29, 1.82) is 0 Å². The summed E-state index contributed by atoms with van der Waals surface area (Å²) in [5, 5.41) is 0.347. The van der Waals surface area contributed by atoms with Gasteiger partial charge in [0.25, 0.3) is 0 Å². The molecule has 2 aliphatic rings. The van der Waals surface area contributed by atoms with Crippen LogP contribution in [-0.2, 0) is 4.79 Å². The van der Waals surface area contributed by atoms with Crippen molar-refractivity contribution in [3.63, 3.8) is 0 Å². The average Bonchev–Trinajstić information content (AvgIpc) is 3.85. The molecule has 0 spiro atoms. The fraction of sp³-hybridized carbons (Fsp3) is 0.400. The van der Waals surface area contributed by atoms with Gasteiger partial charge in [0.1, 0.15) is 23.6 Å². The minimum absolute atomic E-state index is 0.0392. The Morgan fingerprint density at radius 1 is 1.15 bits per heavy atom. The summed E-state index contributed by atoms with van der Waals surface area (Å²) in [5.74, 6) is 0.414. The van der Waals surface area contributed by atoms with E-state index < -0.39 is 17.3 Å². The molecule has 11 heteroatoms. The fourth-order valence-electron chi connectivity index (χ4n) is 6.15. The molecule has 1 aromatic carbocycles. The van der Waals surface area contributed by atoms with Crippen LogP contribution in [0.5, 0.6) is 0 Å². The van der Waals surface area contributed by atoms with Crippen LogP contribution in [0.3, 0.4) is 0 Å². The molecule has 1 saturated carbocycles. The van der Waals surface area contributed by atoms with Gasteiger partial charge >= 0.3 is 5.69 Å². The van der Waals surface area contributed by atoms with Gasteiger partial charge in [0.15, 0.2) is 11.5 Å². The molecule has 0 amide bonds. The molecule has 0 radical (unpaired) electrons. The SMILES string of the molecule is C=C(C=O)CN1CCN(c2nc(=O)n(-c3c(C)ccnc3C(C)C)c3nc(-c4c(F)cccc4SCC4CC4)c(F)cc23)[C@@H](C)C1. The Morgan fingerprint density at radius 3 is 2.63 bits per heavy atom. The van der Waals surface area contributed by atoms with Gasteiger partial charge in [0.2, 0.25) is 0 Å². The van der Waals surface area contributed by atoms with E-state index in [2.05, 4.69) is 21.4 Å². The number of aldehydes is 1. The molecule has 0 N–H and O–H groups in total. The zero-order valence-corrected chi connectivity index (χ0v) is 27.4. The molecule has 6 rings (SSSR count). The lowest BCUT2D eigenvalue weighted by Gasteiger charge is -2.41. The summed E-state index contributed by atoms with van der Waals surface area (Å²) in [4.78, 5) is 44.0. The number of rotatable bonds is 10. The van der Waals surface area contributed by atoms with E-state index in [0.29, 0.717) is 65.2 Å². The van der Waals surface area contributed by atoms with Gasteiger partial charge in [0, 0.05) is 49.1 Å². The van der Waals surface area contributed by atoms with Crippen LogP contribution in [0, 0.1) is 24.5 Å². The van der Waals surface area contributed by atoms with E-state index in [1.54, 1.807) is 18.3 Å². The van der Waals surface area contributed by atoms with Gasteiger partial charge in [-0.15, -0.1) is 11.8 Å². The first-order valence-corrected chi connectivity index (χ1v) is 16.7. The molecule has 0 bridgehead atoms. The average molecular weight is 645 g/mol. The first-order chi connectivity index (χ1) is 22.1. The van der Waals surface area contributed by atoms with Gasteiger partial charge in [-0.3, -0.25) is 14.7 Å². The highest BCUT2D eigenvalue weighted by Gasteiger charge is 2.30. The molecule has 4 heterocycles. The van der Waals surface area contributed by atoms with Crippen molar-refractivity contribution in [2.75, 3.05) is 36.8 Å². The number of nitrogens with zero attached hydrogens (tertiary/aromatic N) is 6. The summed E-state index contributed by atoms with van der Waals surface area (Å²) in [7, 11) is 0. The zero-order chi connectivity index (χ0) is 32.7. The van der Waals surface area contributed by atoms with Gasteiger partial charge in [-0.25, -0.2) is 23.1 Å². The number of thioether (sulfide) groups is 1. The minimum Gasteiger partial charge on any atom is -0.351 e. The molecule has 3 aromatic heterocycles. The second-order valence-corrected chi connectivity index (χ2v) is 13.7. The molecule has 46 heavy (non-hydrogen) atoms. The van der Waals surface area contributed by atoms with Gasteiger partial charge in [0.05, 0.1) is 22.3 Å². The number of fused-ring (bicyclic) bond motifs is 1. The van der Waals surface area contributed by atoms with Crippen molar-refractivity contribution in [1.82, 2.24) is 24.4 Å². The Kier molecular flexibility index (Phi) is 9.07. The van der Waals surface area contributed by atoms with Crippen molar-refractivity contribution < 1.29 is 13.6 Å². The molecule has 4 aromatic rings.